The van der Waals surface area contributed by atoms with Crippen LogP contribution in [0.1, 0.15) is 12.7 Å². The van der Waals surface area contributed by atoms with Gasteiger partial charge in [-0.05, 0) is 31.2 Å². The van der Waals surface area contributed by atoms with Crippen LogP contribution in [0.15, 0.2) is 52.2 Å². The molecule has 0 amide bonds. The summed E-state index contributed by atoms with van der Waals surface area (Å²) in [6.45, 7) is 1.42. The van der Waals surface area contributed by atoms with E-state index in [-0.39, 0.29) is 17.9 Å². The molecule has 1 atom stereocenters. The smallest absolute Gasteiger partial charge is 0.242 e. The number of aliphatic hydroxyl groups is 1. The van der Waals surface area contributed by atoms with Crippen molar-refractivity contribution < 1.29 is 17.9 Å². The van der Waals surface area contributed by atoms with Crippen LogP contribution in [0, 0.1) is 0 Å². The van der Waals surface area contributed by atoms with Crippen LogP contribution in [0.2, 0.25) is 0 Å². The Balaban J connectivity index is 2.00. The molecule has 0 spiro atoms. The summed E-state index contributed by atoms with van der Waals surface area (Å²) in [6.07, 6.45) is 4.47. The highest BCUT2D eigenvalue weighted by molar-refractivity contribution is 7.89. The van der Waals surface area contributed by atoms with Crippen LogP contribution in [0.25, 0.3) is 0 Å². The Labute approximate surface area is 117 Å². The van der Waals surface area contributed by atoms with Crippen molar-refractivity contribution >= 4 is 10.0 Å². The molecular formula is C13H16N2O4S. The highest BCUT2D eigenvalue weighted by Crippen LogP contribution is 2.14. The normalized spacial score (nSPS) is 14.9. The summed E-state index contributed by atoms with van der Waals surface area (Å²) in [6, 6.07) is 6.42. The lowest BCUT2D eigenvalue weighted by Gasteiger charge is -2.22. The number of hydrogen-bond acceptors (Lipinski definition) is 5. The molecule has 2 aromatic rings. The molecule has 0 saturated heterocycles. The van der Waals surface area contributed by atoms with E-state index in [0.717, 1.165) is 0 Å². The number of sulfonamides is 1. The number of hydrogen-bond donors (Lipinski definition) is 2. The highest BCUT2D eigenvalue weighted by Gasteiger charge is 2.25. The minimum Gasteiger partial charge on any atom is -0.469 e. The van der Waals surface area contributed by atoms with Gasteiger partial charge in [0.25, 0.3) is 0 Å². The Morgan fingerprint density at radius 3 is 2.80 bits per heavy atom. The summed E-state index contributed by atoms with van der Waals surface area (Å²) in [5, 5.41) is 10.2. The maximum atomic E-state index is 12.0. The monoisotopic (exact) mass is 296 g/mol. The van der Waals surface area contributed by atoms with Crippen LogP contribution < -0.4 is 4.72 Å². The molecular weight excluding hydrogens is 280 g/mol. The van der Waals surface area contributed by atoms with Gasteiger partial charge in [0.2, 0.25) is 10.0 Å². The van der Waals surface area contributed by atoms with Gasteiger partial charge in [-0.15, -0.1) is 0 Å². The predicted octanol–water partition coefficient (Wildman–Crippen LogP) is 0.947. The topological polar surface area (TPSA) is 92.4 Å². The van der Waals surface area contributed by atoms with Gasteiger partial charge in [-0.3, -0.25) is 4.98 Å². The van der Waals surface area contributed by atoms with Crippen molar-refractivity contribution in [2.24, 2.45) is 0 Å². The van der Waals surface area contributed by atoms with Crippen LogP contribution in [0.5, 0.6) is 0 Å². The summed E-state index contributed by atoms with van der Waals surface area (Å²) in [5.41, 5.74) is -1.24. The van der Waals surface area contributed by atoms with Crippen LogP contribution in [-0.4, -0.2) is 30.7 Å². The summed E-state index contributed by atoms with van der Waals surface area (Å²) < 4.78 is 31.5. The molecule has 2 N–H and O–H groups in total. The van der Waals surface area contributed by atoms with Gasteiger partial charge < -0.3 is 9.52 Å². The van der Waals surface area contributed by atoms with Crippen molar-refractivity contribution in [2.75, 3.05) is 6.54 Å². The molecule has 2 rings (SSSR count). The maximum absolute atomic E-state index is 12.0. The molecule has 7 heteroatoms. The fraction of sp³-hybridized carbons (Fsp3) is 0.308. The molecule has 0 aromatic carbocycles. The standard InChI is InChI=1S/C13H16N2O4S/c1-13(16,8-11-4-3-7-19-11)10-15-20(17,18)12-5-2-6-14-9-12/h2-7,9,15-16H,8,10H2,1H3/t13-/m0/s1. The Bertz CT molecular complexity index is 636. The molecule has 0 bridgehead atoms. The molecule has 0 unspecified atom stereocenters. The lowest BCUT2D eigenvalue weighted by molar-refractivity contribution is 0.0603. The van der Waals surface area contributed by atoms with Crippen LogP contribution >= 0.6 is 0 Å². The molecule has 6 nitrogen and oxygen atoms in total. The Morgan fingerprint density at radius 1 is 1.40 bits per heavy atom. The third-order valence-corrected chi connectivity index (χ3v) is 4.11. The predicted molar refractivity (Wildman–Crippen MR) is 72.5 cm³/mol. The zero-order valence-electron chi connectivity index (χ0n) is 11.0. The van der Waals surface area contributed by atoms with Crippen molar-refractivity contribution in [1.29, 1.82) is 0 Å². The van der Waals surface area contributed by atoms with Crippen molar-refractivity contribution in [3.63, 3.8) is 0 Å². The van der Waals surface area contributed by atoms with Gasteiger partial charge in [0, 0.05) is 25.4 Å². The van der Waals surface area contributed by atoms with E-state index < -0.39 is 15.6 Å². The van der Waals surface area contributed by atoms with Gasteiger partial charge in [-0.2, -0.15) is 0 Å². The zero-order valence-corrected chi connectivity index (χ0v) is 11.8. The van der Waals surface area contributed by atoms with E-state index in [4.69, 9.17) is 4.42 Å². The number of aromatic nitrogens is 1. The molecule has 0 aliphatic carbocycles. The minimum atomic E-state index is -3.68. The summed E-state index contributed by atoms with van der Waals surface area (Å²) in [5.74, 6) is 0.593. The molecule has 0 radical (unpaired) electrons. The van der Waals surface area contributed by atoms with Gasteiger partial charge >= 0.3 is 0 Å². The lowest BCUT2D eigenvalue weighted by atomic mass is 10.0. The van der Waals surface area contributed by atoms with Gasteiger partial charge in [0.1, 0.15) is 10.7 Å². The number of rotatable bonds is 6. The number of nitrogens with one attached hydrogen (secondary N) is 1. The number of nitrogens with zero attached hydrogens (tertiary/aromatic N) is 1. The lowest BCUT2D eigenvalue weighted by Crippen LogP contribution is -2.42. The van der Waals surface area contributed by atoms with Crippen LogP contribution in [0.3, 0.4) is 0 Å². The number of pyridine rings is 1. The quantitative estimate of drug-likeness (QED) is 0.828. The first-order valence-electron chi connectivity index (χ1n) is 6.03. The van der Waals surface area contributed by atoms with E-state index in [0.29, 0.717) is 5.76 Å². The first-order chi connectivity index (χ1) is 9.39. The SMILES string of the molecule is C[C@@](O)(CNS(=O)(=O)c1cccnc1)Cc1ccco1. The Hall–Kier alpha value is -1.70. The fourth-order valence-electron chi connectivity index (χ4n) is 1.69. The van der Waals surface area contributed by atoms with E-state index >= 15 is 0 Å². The molecule has 0 aliphatic rings. The fourth-order valence-corrected chi connectivity index (χ4v) is 2.82. The second kappa shape index (κ2) is 5.74. The number of furan rings is 1. The zero-order chi connectivity index (χ0) is 14.6. The van der Waals surface area contributed by atoms with E-state index in [1.54, 1.807) is 19.1 Å². The molecule has 108 valence electrons. The molecule has 20 heavy (non-hydrogen) atoms. The van der Waals surface area contributed by atoms with Crippen molar-refractivity contribution in [3.05, 3.63) is 48.7 Å². The van der Waals surface area contributed by atoms with Gasteiger partial charge in [-0.1, -0.05) is 0 Å². The van der Waals surface area contributed by atoms with Crippen molar-refractivity contribution in [3.8, 4) is 0 Å². The minimum absolute atomic E-state index is 0.0637. The molecule has 0 fully saturated rings. The average Bonchev–Trinajstić information content (AvgIpc) is 2.90. The van der Waals surface area contributed by atoms with E-state index in [1.165, 1.54) is 30.8 Å². The van der Waals surface area contributed by atoms with Crippen LogP contribution in [-0.2, 0) is 16.4 Å². The van der Waals surface area contributed by atoms with E-state index in [2.05, 4.69) is 9.71 Å². The second-order valence-corrected chi connectivity index (χ2v) is 6.53. The third-order valence-electron chi connectivity index (χ3n) is 2.72. The first kappa shape index (κ1) is 14.7. The molecule has 2 heterocycles. The van der Waals surface area contributed by atoms with Gasteiger partial charge in [0.15, 0.2) is 0 Å². The molecule has 0 saturated carbocycles. The van der Waals surface area contributed by atoms with Crippen molar-refractivity contribution in [2.45, 2.75) is 23.8 Å². The largest absolute Gasteiger partial charge is 0.469 e. The first-order valence-corrected chi connectivity index (χ1v) is 7.52. The second-order valence-electron chi connectivity index (χ2n) is 4.77. The van der Waals surface area contributed by atoms with Gasteiger partial charge in [-0.25, -0.2) is 13.1 Å². The van der Waals surface area contributed by atoms with Gasteiger partial charge in [0.05, 0.1) is 11.9 Å². The molecule has 2 aromatic heterocycles. The average molecular weight is 296 g/mol. The highest BCUT2D eigenvalue weighted by atomic mass is 32.2. The Kier molecular flexibility index (Phi) is 4.22. The maximum Gasteiger partial charge on any atom is 0.242 e. The third kappa shape index (κ3) is 3.89. The van der Waals surface area contributed by atoms with E-state index in [9.17, 15) is 13.5 Å². The Morgan fingerprint density at radius 2 is 2.20 bits per heavy atom. The summed E-state index contributed by atoms with van der Waals surface area (Å²) >= 11 is 0. The van der Waals surface area contributed by atoms with Crippen LogP contribution in [0.4, 0.5) is 0 Å². The van der Waals surface area contributed by atoms with E-state index in [1.807, 2.05) is 0 Å². The molecule has 0 aliphatic heterocycles. The summed E-state index contributed by atoms with van der Waals surface area (Å²) in [7, 11) is -3.68. The summed E-state index contributed by atoms with van der Waals surface area (Å²) in [4.78, 5) is 3.82. The van der Waals surface area contributed by atoms with Crippen molar-refractivity contribution in [1.82, 2.24) is 9.71 Å².